The zero-order valence-corrected chi connectivity index (χ0v) is 18.7. The van der Waals surface area contributed by atoms with Crippen LogP contribution in [0.4, 0.5) is 11.8 Å². The Morgan fingerprint density at radius 1 is 1.16 bits per heavy atom. The molecule has 0 radical (unpaired) electrons. The lowest BCUT2D eigenvalue weighted by Crippen LogP contribution is -2.40. The minimum Gasteiger partial charge on any atom is -0.378 e. The first-order valence-corrected chi connectivity index (χ1v) is 11.0. The highest BCUT2D eigenvalue weighted by Gasteiger charge is 2.18. The third-order valence-electron chi connectivity index (χ3n) is 5.51. The topological polar surface area (TPSA) is 93.4 Å². The van der Waals surface area contributed by atoms with Crippen LogP contribution < -0.4 is 11.1 Å². The van der Waals surface area contributed by atoms with Gasteiger partial charge in [0, 0.05) is 41.9 Å². The van der Waals surface area contributed by atoms with E-state index in [2.05, 4.69) is 15.3 Å². The second-order valence-corrected chi connectivity index (χ2v) is 8.09. The van der Waals surface area contributed by atoms with E-state index in [1.165, 1.54) is 0 Å². The van der Waals surface area contributed by atoms with Crippen LogP contribution >= 0.6 is 11.6 Å². The molecule has 7 nitrogen and oxygen atoms in total. The maximum Gasteiger partial charge on any atom is 0.254 e. The molecule has 0 saturated carbocycles. The molecule has 1 amide bonds. The fourth-order valence-electron chi connectivity index (χ4n) is 3.68. The van der Waals surface area contributed by atoms with Crippen LogP contribution in [0.3, 0.4) is 0 Å². The van der Waals surface area contributed by atoms with E-state index in [-0.39, 0.29) is 11.9 Å². The van der Waals surface area contributed by atoms with Crippen LogP contribution in [0.2, 0.25) is 5.02 Å². The number of carbonyl (C=O) groups is 1. The number of nitrogen functional groups attached to an aromatic ring is 1. The molecule has 0 aliphatic carbocycles. The molecule has 0 atom stereocenters. The number of nitrogens with two attached hydrogens (primary N) is 1. The number of amides is 1. The summed E-state index contributed by atoms with van der Waals surface area (Å²) in [5, 5.41) is 4.00. The Morgan fingerprint density at radius 2 is 1.91 bits per heavy atom. The monoisotopic (exact) mass is 451 g/mol. The molecule has 0 unspecified atom stereocenters. The largest absolute Gasteiger partial charge is 0.378 e. The highest BCUT2D eigenvalue weighted by atomic mass is 35.5. The van der Waals surface area contributed by atoms with Crippen molar-refractivity contribution in [2.75, 3.05) is 43.9 Å². The molecule has 2 aromatic carbocycles. The highest BCUT2D eigenvalue weighted by Crippen LogP contribution is 2.28. The molecule has 1 fully saturated rings. The average Bonchev–Trinajstić information content (AvgIpc) is 2.81. The molecule has 1 aromatic heterocycles. The number of hydrogen-bond acceptors (Lipinski definition) is 6. The molecule has 0 bridgehead atoms. The number of halogens is 1. The van der Waals surface area contributed by atoms with E-state index in [4.69, 9.17) is 22.1 Å². The number of hydrogen-bond donors (Lipinski definition) is 2. The summed E-state index contributed by atoms with van der Waals surface area (Å²) >= 11 is 6.25. The molecular weight excluding hydrogens is 426 g/mol. The fourth-order valence-corrected chi connectivity index (χ4v) is 3.85. The van der Waals surface area contributed by atoms with E-state index in [9.17, 15) is 4.79 Å². The summed E-state index contributed by atoms with van der Waals surface area (Å²) in [6.45, 7) is 5.10. The number of ether oxygens (including phenoxy) is 1. The first-order chi connectivity index (χ1) is 15.5. The molecule has 0 spiro atoms. The molecule has 3 aromatic rings. The van der Waals surface area contributed by atoms with Crippen LogP contribution in [0.5, 0.6) is 0 Å². The number of nitrogens with one attached hydrogen (secondary N) is 1. The van der Waals surface area contributed by atoms with Gasteiger partial charge in [0.15, 0.2) is 0 Å². The summed E-state index contributed by atoms with van der Waals surface area (Å²) in [7, 11) is 0. The standard InChI is InChI=1S/C24H26ClN5O2/c1-16-19(3-2-4-20(16)25)21-15-22(29-24(26)28-21)27-10-9-17-5-7-18(8-6-17)23(31)30-11-13-32-14-12-30/h2-8,15H,9-14H2,1H3,(H3,26,27,28,29). The van der Waals surface area contributed by atoms with E-state index in [1.807, 2.05) is 60.4 Å². The zero-order valence-electron chi connectivity index (χ0n) is 18.0. The normalized spacial score (nSPS) is 13.8. The lowest BCUT2D eigenvalue weighted by Gasteiger charge is -2.26. The van der Waals surface area contributed by atoms with Crippen LogP contribution in [0, 0.1) is 6.92 Å². The number of anilines is 2. The number of rotatable bonds is 6. The van der Waals surface area contributed by atoms with Crippen molar-refractivity contribution in [1.29, 1.82) is 0 Å². The van der Waals surface area contributed by atoms with Gasteiger partial charge in [0.05, 0.1) is 18.9 Å². The van der Waals surface area contributed by atoms with Gasteiger partial charge in [0.2, 0.25) is 5.95 Å². The van der Waals surface area contributed by atoms with E-state index in [0.29, 0.717) is 49.3 Å². The Labute approximate surface area is 192 Å². The predicted octanol–water partition coefficient (Wildman–Crippen LogP) is 3.81. The summed E-state index contributed by atoms with van der Waals surface area (Å²) in [6.07, 6.45) is 0.779. The van der Waals surface area contributed by atoms with Crippen LogP contribution in [0.25, 0.3) is 11.3 Å². The van der Waals surface area contributed by atoms with Crippen LogP contribution in [-0.2, 0) is 11.2 Å². The lowest BCUT2D eigenvalue weighted by atomic mass is 10.1. The molecule has 2 heterocycles. The van der Waals surface area contributed by atoms with Gasteiger partial charge in [-0.15, -0.1) is 0 Å². The lowest BCUT2D eigenvalue weighted by molar-refractivity contribution is 0.0303. The van der Waals surface area contributed by atoms with Crippen molar-refractivity contribution in [3.05, 3.63) is 70.2 Å². The predicted molar refractivity (Wildman–Crippen MR) is 127 cm³/mol. The molecule has 4 rings (SSSR count). The number of morpholine rings is 1. The van der Waals surface area contributed by atoms with E-state index >= 15 is 0 Å². The average molecular weight is 452 g/mol. The van der Waals surface area contributed by atoms with Gasteiger partial charge < -0.3 is 20.7 Å². The Kier molecular flexibility index (Phi) is 6.87. The molecule has 1 aliphatic heterocycles. The van der Waals surface area contributed by atoms with E-state index < -0.39 is 0 Å². The molecule has 32 heavy (non-hydrogen) atoms. The van der Waals surface area contributed by atoms with Crippen molar-refractivity contribution in [1.82, 2.24) is 14.9 Å². The van der Waals surface area contributed by atoms with Crippen molar-refractivity contribution < 1.29 is 9.53 Å². The van der Waals surface area contributed by atoms with Crippen molar-refractivity contribution >= 4 is 29.3 Å². The summed E-state index contributed by atoms with van der Waals surface area (Å²) in [5.74, 6) is 0.916. The van der Waals surface area contributed by atoms with Gasteiger partial charge in [-0.25, -0.2) is 4.98 Å². The third kappa shape index (κ3) is 5.18. The second-order valence-electron chi connectivity index (χ2n) is 7.69. The van der Waals surface area contributed by atoms with Crippen molar-refractivity contribution in [3.8, 4) is 11.3 Å². The molecule has 8 heteroatoms. The van der Waals surface area contributed by atoms with Gasteiger partial charge in [0.1, 0.15) is 5.82 Å². The van der Waals surface area contributed by atoms with Crippen LogP contribution in [-0.4, -0.2) is 53.6 Å². The number of benzene rings is 2. The molecule has 166 valence electrons. The molecule has 1 saturated heterocycles. The maximum atomic E-state index is 12.6. The molecular formula is C24H26ClN5O2. The van der Waals surface area contributed by atoms with Gasteiger partial charge in [0.25, 0.3) is 5.91 Å². The van der Waals surface area contributed by atoms with Gasteiger partial charge in [-0.05, 0) is 42.7 Å². The van der Waals surface area contributed by atoms with Gasteiger partial charge >= 0.3 is 0 Å². The summed E-state index contributed by atoms with van der Waals surface area (Å²) in [5.41, 5.74) is 10.4. The second kappa shape index (κ2) is 9.97. The van der Waals surface area contributed by atoms with Crippen LogP contribution in [0.1, 0.15) is 21.5 Å². The quantitative estimate of drug-likeness (QED) is 0.591. The Hall–Kier alpha value is -3.16. The minimum absolute atomic E-state index is 0.0540. The van der Waals surface area contributed by atoms with Crippen molar-refractivity contribution in [2.24, 2.45) is 0 Å². The maximum absolute atomic E-state index is 12.6. The highest BCUT2D eigenvalue weighted by molar-refractivity contribution is 6.31. The van der Waals surface area contributed by atoms with Crippen LogP contribution in [0.15, 0.2) is 48.5 Å². The van der Waals surface area contributed by atoms with E-state index in [0.717, 1.165) is 28.8 Å². The molecule has 3 N–H and O–H groups in total. The smallest absolute Gasteiger partial charge is 0.254 e. The Bertz CT molecular complexity index is 1100. The van der Waals surface area contributed by atoms with Crippen molar-refractivity contribution in [3.63, 3.8) is 0 Å². The van der Waals surface area contributed by atoms with Gasteiger partial charge in [-0.1, -0.05) is 35.9 Å². The summed E-state index contributed by atoms with van der Waals surface area (Å²) in [4.78, 5) is 23.0. The van der Waals surface area contributed by atoms with Crippen molar-refractivity contribution in [2.45, 2.75) is 13.3 Å². The first-order valence-electron chi connectivity index (χ1n) is 10.6. The van der Waals surface area contributed by atoms with E-state index in [1.54, 1.807) is 0 Å². The Balaban J connectivity index is 1.38. The minimum atomic E-state index is 0.0540. The van der Waals surface area contributed by atoms with Gasteiger partial charge in [-0.3, -0.25) is 4.79 Å². The third-order valence-corrected chi connectivity index (χ3v) is 5.92. The number of nitrogens with zero attached hydrogens (tertiary/aromatic N) is 3. The zero-order chi connectivity index (χ0) is 22.5. The fraction of sp³-hybridized carbons (Fsp3) is 0.292. The first kappa shape index (κ1) is 22.0. The van der Waals surface area contributed by atoms with Gasteiger partial charge in [-0.2, -0.15) is 4.98 Å². The SMILES string of the molecule is Cc1c(Cl)cccc1-c1cc(NCCc2ccc(C(=O)N3CCOCC3)cc2)nc(N)n1. The molecule has 1 aliphatic rings. The summed E-state index contributed by atoms with van der Waals surface area (Å²) < 4.78 is 5.31. The summed E-state index contributed by atoms with van der Waals surface area (Å²) in [6, 6.07) is 15.3. The number of carbonyl (C=O) groups excluding carboxylic acids is 1. The number of aromatic nitrogens is 2. The Morgan fingerprint density at radius 3 is 2.66 bits per heavy atom.